The molecule has 0 aliphatic carbocycles. The highest BCUT2D eigenvalue weighted by molar-refractivity contribution is 7.15. The second-order valence-electron chi connectivity index (χ2n) is 8.29. The summed E-state index contributed by atoms with van der Waals surface area (Å²) >= 11 is 1.33. The Morgan fingerprint density at radius 1 is 1.14 bits per heavy atom. The number of para-hydroxylation sites is 2. The summed E-state index contributed by atoms with van der Waals surface area (Å²) in [6.07, 6.45) is 3.42. The Hall–Kier alpha value is -4.31. The van der Waals surface area contributed by atoms with Gasteiger partial charge in [0.15, 0.2) is 4.96 Å². The van der Waals surface area contributed by atoms with Crippen LogP contribution in [-0.4, -0.2) is 37.2 Å². The van der Waals surface area contributed by atoms with Gasteiger partial charge in [-0.3, -0.25) is 19.0 Å². The molecule has 10 heteroatoms. The summed E-state index contributed by atoms with van der Waals surface area (Å²) in [4.78, 5) is 35.5. The number of amides is 1. The molecule has 0 aliphatic heterocycles. The van der Waals surface area contributed by atoms with Gasteiger partial charge in [0, 0.05) is 35.7 Å². The first kappa shape index (κ1) is 23.4. The fourth-order valence-corrected chi connectivity index (χ4v) is 5.02. The molecule has 0 fully saturated rings. The number of ether oxygens (including phenoxy) is 1. The van der Waals surface area contributed by atoms with Crippen LogP contribution in [0.1, 0.15) is 22.6 Å². The second kappa shape index (κ2) is 9.74. The van der Waals surface area contributed by atoms with Crippen molar-refractivity contribution in [3.05, 3.63) is 93.2 Å². The van der Waals surface area contributed by atoms with E-state index in [0.717, 1.165) is 16.9 Å². The van der Waals surface area contributed by atoms with Crippen molar-refractivity contribution in [2.75, 3.05) is 7.11 Å². The normalized spacial score (nSPS) is 11.1. The molecular weight excluding hydrogens is 476 g/mol. The molecule has 182 valence electrons. The summed E-state index contributed by atoms with van der Waals surface area (Å²) in [6.45, 7) is 4.11. The third-order valence-corrected chi connectivity index (χ3v) is 6.73. The first-order valence-electron chi connectivity index (χ1n) is 11.3. The van der Waals surface area contributed by atoms with Gasteiger partial charge in [-0.1, -0.05) is 12.1 Å². The second-order valence-corrected chi connectivity index (χ2v) is 9.12. The number of nitrogens with one attached hydrogen (secondary N) is 1. The van der Waals surface area contributed by atoms with Crippen LogP contribution in [0.2, 0.25) is 0 Å². The van der Waals surface area contributed by atoms with E-state index in [1.165, 1.54) is 15.7 Å². The summed E-state index contributed by atoms with van der Waals surface area (Å²) < 4.78 is 8.75. The fourth-order valence-electron chi connectivity index (χ4n) is 4.10. The highest BCUT2D eigenvalue weighted by Gasteiger charge is 2.20. The maximum absolute atomic E-state index is 13.7. The van der Waals surface area contributed by atoms with Gasteiger partial charge in [-0.05, 0) is 49.7 Å². The molecule has 1 aromatic carbocycles. The lowest BCUT2D eigenvalue weighted by Crippen LogP contribution is -2.27. The van der Waals surface area contributed by atoms with Crippen LogP contribution in [0, 0.1) is 13.8 Å². The van der Waals surface area contributed by atoms with Gasteiger partial charge < -0.3 is 10.1 Å². The molecule has 0 aliphatic rings. The quantitative estimate of drug-likeness (QED) is 0.367. The van der Waals surface area contributed by atoms with Gasteiger partial charge in [0.1, 0.15) is 17.1 Å². The standard InChI is InChI=1S/C26H24N6O3S/c1-16-12-20(30-32(16)21-6-4-5-7-22(21)35-3)24-17(2)29-26-31(25(24)34)19(15-36-26)13-23(33)28-14-18-8-10-27-11-9-18/h4-12,15H,13-14H2,1-3H3,(H,28,33). The average Bonchev–Trinajstić information content (AvgIpc) is 3.46. The molecule has 0 atom stereocenters. The van der Waals surface area contributed by atoms with Crippen LogP contribution >= 0.6 is 11.3 Å². The van der Waals surface area contributed by atoms with Gasteiger partial charge in [0.05, 0.1) is 24.8 Å². The van der Waals surface area contributed by atoms with E-state index < -0.39 is 0 Å². The summed E-state index contributed by atoms with van der Waals surface area (Å²) in [5, 5.41) is 9.42. The van der Waals surface area contributed by atoms with Crippen molar-refractivity contribution in [2.45, 2.75) is 26.8 Å². The molecule has 5 aromatic rings. The van der Waals surface area contributed by atoms with Crippen LogP contribution in [0.15, 0.2) is 65.0 Å². The zero-order valence-corrected chi connectivity index (χ0v) is 20.9. The van der Waals surface area contributed by atoms with E-state index in [0.29, 0.717) is 39.9 Å². The predicted octanol–water partition coefficient (Wildman–Crippen LogP) is 3.49. The molecule has 0 unspecified atom stereocenters. The fraction of sp³-hybridized carbons (Fsp3) is 0.192. The highest BCUT2D eigenvalue weighted by atomic mass is 32.1. The van der Waals surface area contributed by atoms with Gasteiger partial charge in [-0.15, -0.1) is 11.3 Å². The number of hydrogen-bond acceptors (Lipinski definition) is 7. The SMILES string of the molecule is COc1ccccc1-n1nc(-c2c(C)nc3scc(CC(=O)NCc4ccncc4)n3c2=O)cc1C. The van der Waals surface area contributed by atoms with Crippen LogP contribution in [-0.2, 0) is 17.8 Å². The molecule has 1 amide bonds. The van der Waals surface area contributed by atoms with Crippen LogP contribution in [0.25, 0.3) is 21.9 Å². The maximum atomic E-state index is 13.7. The first-order valence-corrected chi connectivity index (χ1v) is 12.2. The minimum Gasteiger partial charge on any atom is -0.494 e. The Bertz CT molecular complexity index is 1620. The number of aryl methyl sites for hydroxylation is 2. The van der Waals surface area contributed by atoms with E-state index in [9.17, 15) is 9.59 Å². The number of carbonyl (C=O) groups is 1. The van der Waals surface area contributed by atoms with Gasteiger partial charge in [-0.25, -0.2) is 9.67 Å². The number of thiazole rings is 1. The van der Waals surface area contributed by atoms with Gasteiger partial charge in [0.25, 0.3) is 5.56 Å². The number of rotatable bonds is 7. The molecular formula is C26H24N6O3S. The van der Waals surface area contributed by atoms with Crippen molar-refractivity contribution in [2.24, 2.45) is 0 Å². The van der Waals surface area contributed by atoms with E-state index in [1.807, 2.05) is 49.4 Å². The Kier molecular flexibility index (Phi) is 6.34. The van der Waals surface area contributed by atoms with E-state index >= 15 is 0 Å². The van der Waals surface area contributed by atoms with Crippen LogP contribution in [0.5, 0.6) is 5.75 Å². The number of pyridine rings is 1. The molecule has 1 N–H and O–H groups in total. The third-order valence-electron chi connectivity index (χ3n) is 5.86. The van der Waals surface area contributed by atoms with Crippen LogP contribution in [0.4, 0.5) is 0 Å². The average molecular weight is 501 g/mol. The van der Waals surface area contributed by atoms with Crippen LogP contribution in [0.3, 0.4) is 0 Å². The minimum atomic E-state index is -0.250. The van der Waals surface area contributed by atoms with Gasteiger partial charge in [-0.2, -0.15) is 5.10 Å². The number of benzene rings is 1. The lowest BCUT2D eigenvalue weighted by Gasteiger charge is -2.09. The molecule has 0 bridgehead atoms. The maximum Gasteiger partial charge on any atom is 0.268 e. The summed E-state index contributed by atoms with van der Waals surface area (Å²) in [5.74, 6) is 0.493. The molecule has 9 nitrogen and oxygen atoms in total. The van der Waals surface area contributed by atoms with E-state index in [1.54, 1.807) is 36.5 Å². The number of carbonyl (C=O) groups excluding carboxylic acids is 1. The number of nitrogens with zero attached hydrogens (tertiary/aromatic N) is 5. The van der Waals surface area contributed by atoms with Crippen molar-refractivity contribution in [3.8, 4) is 22.7 Å². The van der Waals surface area contributed by atoms with E-state index in [-0.39, 0.29) is 17.9 Å². The van der Waals surface area contributed by atoms with Gasteiger partial charge in [0.2, 0.25) is 5.91 Å². The lowest BCUT2D eigenvalue weighted by molar-refractivity contribution is -0.120. The van der Waals surface area contributed by atoms with Crippen LogP contribution < -0.4 is 15.6 Å². The monoisotopic (exact) mass is 500 g/mol. The zero-order chi connectivity index (χ0) is 25.2. The van der Waals surface area contributed by atoms with Crippen molar-refractivity contribution >= 4 is 22.2 Å². The van der Waals surface area contributed by atoms with Crippen molar-refractivity contribution in [3.63, 3.8) is 0 Å². The van der Waals surface area contributed by atoms with Crippen molar-refractivity contribution in [1.29, 1.82) is 0 Å². The number of aromatic nitrogens is 5. The predicted molar refractivity (Wildman–Crippen MR) is 138 cm³/mol. The summed E-state index contributed by atoms with van der Waals surface area (Å²) in [6, 6.07) is 13.1. The molecule has 0 radical (unpaired) electrons. The largest absolute Gasteiger partial charge is 0.494 e. The molecule has 36 heavy (non-hydrogen) atoms. The Labute approximate surface area is 211 Å². The molecule has 4 aromatic heterocycles. The van der Waals surface area contributed by atoms with Gasteiger partial charge >= 0.3 is 0 Å². The molecule has 0 saturated carbocycles. The molecule has 0 spiro atoms. The summed E-state index contributed by atoms with van der Waals surface area (Å²) in [7, 11) is 1.61. The number of methoxy groups -OCH3 is 1. The number of hydrogen-bond donors (Lipinski definition) is 1. The molecule has 5 rings (SSSR count). The zero-order valence-electron chi connectivity index (χ0n) is 20.1. The minimum absolute atomic E-state index is 0.0594. The van der Waals surface area contributed by atoms with E-state index in [4.69, 9.17) is 9.84 Å². The molecule has 0 saturated heterocycles. The van der Waals surface area contributed by atoms with Crippen molar-refractivity contribution < 1.29 is 9.53 Å². The first-order chi connectivity index (χ1) is 17.5. The summed E-state index contributed by atoms with van der Waals surface area (Å²) in [5.41, 5.74) is 4.41. The molecule has 4 heterocycles. The smallest absolute Gasteiger partial charge is 0.268 e. The van der Waals surface area contributed by atoms with E-state index in [2.05, 4.69) is 15.3 Å². The highest BCUT2D eigenvalue weighted by Crippen LogP contribution is 2.27. The Morgan fingerprint density at radius 3 is 2.69 bits per heavy atom. The topological polar surface area (TPSA) is 103 Å². The number of fused-ring (bicyclic) bond motifs is 1. The lowest BCUT2D eigenvalue weighted by atomic mass is 10.1. The third kappa shape index (κ3) is 4.38. The van der Waals surface area contributed by atoms with Crippen molar-refractivity contribution in [1.82, 2.24) is 29.5 Å². The Balaban J connectivity index is 1.49. The Morgan fingerprint density at radius 2 is 1.92 bits per heavy atom.